The topological polar surface area (TPSA) is 55.2 Å². The van der Waals surface area contributed by atoms with E-state index in [2.05, 4.69) is 68.9 Å². The lowest BCUT2D eigenvalue weighted by Gasteiger charge is -2.28. The highest BCUT2D eigenvalue weighted by Crippen LogP contribution is 2.44. The molecule has 0 radical (unpaired) electrons. The Bertz CT molecular complexity index is 1320. The monoisotopic (exact) mass is 483 g/mol. The van der Waals surface area contributed by atoms with E-state index in [0.29, 0.717) is 5.11 Å². The molecule has 178 valence electrons. The number of pyridine rings is 2. The van der Waals surface area contributed by atoms with Crippen molar-refractivity contribution in [1.29, 1.82) is 0 Å². The Balaban J connectivity index is 1.62. The number of hydrogen-bond acceptors (Lipinski definition) is 4. The van der Waals surface area contributed by atoms with Crippen molar-refractivity contribution in [3.63, 3.8) is 0 Å². The molecule has 6 nitrogen and oxygen atoms in total. The number of thiocarbonyl (C=S) groups is 1. The minimum absolute atomic E-state index is 0.0779. The smallest absolute Gasteiger partial charge is 0.174 e. The lowest BCUT2D eigenvalue weighted by molar-refractivity contribution is 0.242. The summed E-state index contributed by atoms with van der Waals surface area (Å²) in [6, 6.07) is 20.3. The van der Waals surface area contributed by atoms with Gasteiger partial charge in [-0.25, -0.2) is 0 Å². The van der Waals surface area contributed by atoms with Crippen molar-refractivity contribution in [3.8, 4) is 11.4 Å². The van der Waals surface area contributed by atoms with Crippen molar-refractivity contribution in [2.45, 2.75) is 45.9 Å². The van der Waals surface area contributed by atoms with Crippen LogP contribution in [0.25, 0.3) is 5.69 Å². The van der Waals surface area contributed by atoms with Crippen LogP contribution in [0.3, 0.4) is 0 Å². The summed E-state index contributed by atoms with van der Waals surface area (Å²) in [5, 5.41) is 4.23. The molecule has 0 saturated carbocycles. The molecule has 0 unspecified atom stereocenters. The fraction of sp³-hybridized carbons (Fsp3) is 0.250. The molecule has 0 aliphatic carbocycles. The van der Waals surface area contributed by atoms with Crippen molar-refractivity contribution in [3.05, 3.63) is 102 Å². The van der Waals surface area contributed by atoms with Crippen LogP contribution in [-0.4, -0.2) is 25.8 Å². The maximum atomic E-state index is 5.89. The Morgan fingerprint density at radius 3 is 2.43 bits per heavy atom. The third-order valence-corrected chi connectivity index (χ3v) is 6.59. The Morgan fingerprint density at radius 1 is 0.971 bits per heavy atom. The molecule has 1 aliphatic rings. The summed E-state index contributed by atoms with van der Waals surface area (Å²) in [6.07, 6.45) is 5.64. The Labute approximate surface area is 211 Å². The number of rotatable bonds is 6. The summed E-state index contributed by atoms with van der Waals surface area (Å²) in [5.41, 5.74) is 6.48. The van der Waals surface area contributed by atoms with Crippen LogP contribution in [0.15, 0.2) is 79.3 Å². The predicted molar refractivity (Wildman–Crippen MR) is 143 cm³/mol. The summed E-state index contributed by atoms with van der Waals surface area (Å²) >= 11 is 5.89. The normalized spacial score (nSPS) is 17.6. The first-order chi connectivity index (χ1) is 16.9. The molecule has 35 heavy (non-hydrogen) atoms. The number of aryl methyl sites for hydroxylation is 1. The van der Waals surface area contributed by atoms with Crippen molar-refractivity contribution in [2.24, 2.45) is 0 Å². The number of aromatic nitrogens is 3. The standard InChI is InChI=1S/C28H29N5OS/c1-18(2)34-23-12-10-21(11-13-23)33-27(26(31-28(33)35)25-9-5-6-15-30-25)24-16-19(3)32(20(24)4)22-8-7-14-29-17-22/h5-18,26-27H,1-4H3,(H,31,35)/t26-,27+/m0/s1. The SMILES string of the molecule is Cc1cc([C@@H]2[C@H](c3ccccn3)NC(=S)N2c2ccc(OC(C)C)cc2)c(C)n1-c1cccnc1. The van der Waals surface area contributed by atoms with E-state index in [-0.39, 0.29) is 18.2 Å². The number of anilines is 1. The van der Waals surface area contributed by atoms with Gasteiger partial charge in [0.2, 0.25) is 0 Å². The minimum Gasteiger partial charge on any atom is -0.491 e. The largest absolute Gasteiger partial charge is 0.491 e. The minimum atomic E-state index is -0.0989. The summed E-state index contributed by atoms with van der Waals surface area (Å²) in [5.74, 6) is 0.842. The zero-order chi connectivity index (χ0) is 24.5. The number of ether oxygens (including phenoxy) is 1. The van der Waals surface area contributed by atoms with Crippen LogP contribution in [0.2, 0.25) is 0 Å². The molecule has 0 spiro atoms. The number of nitrogens with zero attached hydrogens (tertiary/aromatic N) is 4. The van der Waals surface area contributed by atoms with Crippen LogP contribution in [-0.2, 0) is 0 Å². The fourth-order valence-electron chi connectivity index (χ4n) is 4.88. The summed E-state index contributed by atoms with van der Waals surface area (Å²) in [7, 11) is 0. The molecule has 4 aromatic rings. The third kappa shape index (κ3) is 4.39. The van der Waals surface area contributed by atoms with E-state index in [0.717, 1.165) is 34.2 Å². The van der Waals surface area contributed by atoms with Crippen LogP contribution in [0.1, 0.15) is 48.6 Å². The molecule has 1 aromatic carbocycles. The van der Waals surface area contributed by atoms with E-state index in [4.69, 9.17) is 17.0 Å². The molecule has 1 aliphatic heterocycles. The first kappa shape index (κ1) is 23.1. The van der Waals surface area contributed by atoms with E-state index >= 15 is 0 Å². The number of nitrogens with one attached hydrogen (secondary N) is 1. The number of hydrogen-bond donors (Lipinski definition) is 1. The van der Waals surface area contributed by atoms with Crippen molar-refractivity contribution in [1.82, 2.24) is 19.9 Å². The zero-order valence-corrected chi connectivity index (χ0v) is 21.2. The van der Waals surface area contributed by atoms with Gasteiger partial charge in [0.1, 0.15) is 5.75 Å². The van der Waals surface area contributed by atoms with Crippen molar-refractivity contribution in [2.75, 3.05) is 4.90 Å². The average molecular weight is 484 g/mol. The molecule has 1 saturated heterocycles. The first-order valence-electron chi connectivity index (χ1n) is 11.8. The van der Waals surface area contributed by atoms with Crippen LogP contribution in [0.4, 0.5) is 5.69 Å². The number of benzene rings is 1. The summed E-state index contributed by atoms with van der Waals surface area (Å²) in [4.78, 5) is 11.2. The van der Waals surface area contributed by atoms with E-state index in [1.807, 2.05) is 56.6 Å². The second-order valence-corrected chi connectivity index (χ2v) is 9.42. The molecular weight excluding hydrogens is 454 g/mol. The Hall–Kier alpha value is -3.71. The van der Waals surface area contributed by atoms with Gasteiger partial charge < -0.3 is 19.5 Å². The van der Waals surface area contributed by atoms with Crippen LogP contribution >= 0.6 is 12.2 Å². The van der Waals surface area contributed by atoms with Crippen LogP contribution in [0, 0.1) is 13.8 Å². The molecule has 7 heteroatoms. The zero-order valence-electron chi connectivity index (χ0n) is 20.3. The van der Waals surface area contributed by atoms with Gasteiger partial charge >= 0.3 is 0 Å². The molecule has 3 aromatic heterocycles. The van der Waals surface area contributed by atoms with E-state index in [9.17, 15) is 0 Å². The van der Waals surface area contributed by atoms with Gasteiger partial charge in [-0.2, -0.15) is 0 Å². The van der Waals surface area contributed by atoms with E-state index < -0.39 is 0 Å². The maximum absolute atomic E-state index is 5.89. The van der Waals surface area contributed by atoms with Gasteiger partial charge in [0, 0.05) is 29.5 Å². The molecule has 1 N–H and O–H groups in total. The van der Waals surface area contributed by atoms with Gasteiger partial charge in [-0.1, -0.05) is 6.07 Å². The molecule has 0 amide bonds. The summed E-state index contributed by atoms with van der Waals surface area (Å²) < 4.78 is 8.11. The Morgan fingerprint density at radius 2 is 1.77 bits per heavy atom. The predicted octanol–water partition coefficient (Wildman–Crippen LogP) is 5.85. The van der Waals surface area contributed by atoms with Crippen LogP contribution in [0.5, 0.6) is 5.75 Å². The average Bonchev–Trinajstić information content (AvgIpc) is 3.35. The van der Waals surface area contributed by atoms with E-state index in [1.165, 1.54) is 5.56 Å². The van der Waals surface area contributed by atoms with Gasteiger partial charge in [0.05, 0.1) is 35.8 Å². The quantitative estimate of drug-likeness (QED) is 0.347. The van der Waals surface area contributed by atoms with Gasteiger partial charge in [0.25, 0.3) is 0 Å². The molecule has 0 bridgehead atoms. The fourth-order valence-corrected chi connectivity index (χ4v) is 5.22. The lowest BCUT2D eigenvalue weighted by Crippen LogP contribution is -2.29. The molecule has 4 heterocycles. The lowest BCUT2D eigenvalue weighted by atomic mass is 9.96. The van der Waals surface area contributed by atoms with Crippen molar-refractivity contribution < 1.29 is 4.74 Å². The molecule has 1 fully saturated rings. The van der Waals surface area contributed by atoms with Gasteiger partial charge in [0.15, 0.2) is 5.11 Å². The third-order valence-electron chi connectivity index (χ3n) is 6.28. The first-order valence-corrected chi connectivity index (χ1v) is 12.2. The highest BCUT2D eigenvalue weighted by molar-refractivity contribution is 7.80. The van der Waals surface area contributed by atoms with Gasteiger partial charge in [-0.3, -0.25) is 9.97 Å². The Kier molecular flexibility index (Phi) is 6.26. The second kappa shape index (κ2) is 9.50. The molecule has 2 atom stereocenters. The van der Waals surface area contributed by atoms with E-state index in [1.54, 1.807) is 6.20 Å². The maximum Gasteiger partial charge on any atom is 0.174 e. The van der Waals surface area contributed by atoms with Crippen molar-refractivity contribution >= 4 is 23.0 Å². The molecular formula is C28H29N5OS. The second-order valence-electron chi connectivity index (χ2n) is 9.03. The summed E-state index contributed by atoms with van der Waals surface area (Å²) in [6.45, 7) is 8.34. The highest BCUT2D eigenvalue weighted by Gasteiger charge is 2.42. The highest BCUT2D eigenvalue weighted by atomic mass is 32.1. The molecule has 5 rings (SSSR count). The van der Waals surface area contributed by atoms with Gasteiger partial charge in [-0.05, 0) is 100 Å². The van der Waals surface area contributed by atoms with Gasteiger partial charge in [-0.15, -0.1) is 0 Å². The van der Waals surface area contributed by atoms with Crippen LogP contribution < -0.4 is 15.0 Å².